The van der Waals surface area contributed by atoms with E-state index in [0.29, 0.717) is 9.79 Å². The van der Waals surface area contributed by atoms with Crippen LogP contribution in [0.4, 0.5) is 0 Å². The van der Waals surface area contributed by atoms with Crippen LogP contribution in [0.3, 0.4) is 0 Å². The average Bonchev–Trinajstić information content (AvgIpc) is 2.48. The van der Waals surface area contributed by atoms with Crippen molar-refractivity contribution in [2.24, 2.45) is 0 Å². The minimum absolute atomic E-state index is 0.539. The highest BCUT2D eigenvalue weighted by Gasteiger charge is 2.07. The lowest BCUT2D eigenvalue weighted by Gasteiger charge is -2.06. The molecule has 78 valence electrons. The molecule has 0 spiro atoms. The number of aryl methyl sites for hydroxylation is 1. The summed E-state index contributed by atoms with van der Waals surface area (Å²) < 4.78 is 3.27. The molecular formula is C9H7BrClN3S. The number of benzene rings is 1. The van der Waals surface area contributed by atoms with Gasteiger partial charge in [-0.3, -0.25) is 9.67 Å². The zero-order valence-corrected chi connectivity index (χ0v) is 10.9. The second-order valence-corrected chi connectivity index (χ2v) is 4.72. The molecule has 3 nitrogen and oxygen atoms in total. The standard InChI is InChI=1S/C9H7BrClN3S/c1-5-12-13-9(15)14(5)8-3-2-6(10)4-7(8)11/h2-4H,1H3,(H,13,15). The summed E-state index contributed by atoms with van der Waals surface area (Å²) in [6.45, 7) is 1.87. The normalized spacial score (nSPS) is 10.6. The zero-order chi connectivity index (χ0) is 11.0. The van der Waals surface area contributed by atoms with Crippen molar-refractivity contribution >= 4 is 39.7 Å². The Labute approximate surface area is 105 Å². The van der Waals surface area contributed by atoms with Crippen LogP contribution in [0.2, 0.25) is 5.02 Å². The van der Waals surface area contributed by atoms with E-state index in [0.717, 1.165) is 16.0 Å². The third-order valence-electron chi connectivity index (χ3n) is 1.99. The quantitative estimate of drug-likeness (QED) is 0.816. The summed E-state index contributed by atoms with van der Waals surface area (Å²) >= 11 is 14.6. The first-order valence-electron chi connectivity index (χ1n) is 4.19. The Balaban J connectivity index is 2.69. The van der Waals surface area contributed by atoms with Crippen LogP contribution >= 0.6 is 39.7 Å². The molecule has 0 saturated carbocycles. The number of aromatic nitrogens is 3. The fourth-order valence-corrected chi connectivity index (χ4v) is 2.36. The van der Waals surface area contributed by atoms with E-state index in [1.165, 1.54) is 0 Å². The SMILES string of the molecule is Cc1n[nH]c(=S)n1-c1ccc(Br)cc1Cl. The zero-order valence-electron chi connectivity index (χ0n) is 7.79. The maximum Gasteiger partial charge on any atom is 0.199 e. The van der Waals surface area contributed by atoms with E-state index in [-0.39, 0.29) is 0 Å². The maximum atomic E-state index is 6.13. The number of rotatable bonds is 1. The highest BCUT2D eigenvalue weighted by molar-refractivity contribution is 9.10. The van der Waals surface area contributed by atoms with E-state index < -0.39 is 0 Å². The molecule has 0 bridgehead atoms. The third kappa shape index (κ3) is 2.00. The van der Waals surface area contributed by atoms with Gasteiger partial charge in [0.25, 0.3) is 0 Å². The molecule has 6 heteroatoms. The number of nitrogens with zero attached hydrogens (tertiary/aromatic N) is 2. The summed E-state index contributed by atoms with van der Waals surface area (Å²) in [6, 6.07) is 5.63. The molecular weight excluding hydrogens is 298 g/mol. The molecule has 1 aromatic heterocycles. The van der Waals surface area contributed by atoms with Crippen LogP contribution in [0.5, 0.6) is 0 Å². The van der Waals surface area contributed by atoms with Crippen molar-refractivity contribution in [2.75, 3.05) is 0 Å². The summed E-state index contributed by atoms with van der Waals surface area (Å²) in [7, 11) is 0. The molecule has 0 fully saturated rings. The second kappa shape index (κ2) is 4.08. The second-order valence-electron chi connectivity index (χ2n) is 3.01. The third-order valence-corrected chi connectivity index (χ3v) is 3.06. The number of hydrogen-bond donors (Lipinski definition) is 1. The molecule has 2 rings (SSSR count). The smallest absolute Gasteiger partial charge is 0.199 e. The summed E-state index contributed by atoms with van der Waals surface area (Å²) in [5.41, 5.74) is 0.830. The van der Waals surface area contributed by atoms with Crippen molar-refractivity contribution < 1.29 is 0 Å². The molecule has 1 N–H and O–H groups in total. The van der Waals surface area contributed by atoms with Gasteiger partial charge in [0.15, 0.2) is 4.77 Å². The van der Waals surface area contributed by atoms with Crippen molar-refractivity contribution in [2.45, 2.75) is 6.92 Å². The Morgan fingerprint density at radius 1 is 1.53 bits per heavy atom. The van der Waals surface area contributed by atoms with E-state index >= 15 is 0 Å². The van der Waals surface area contributed by atoms with Crippen LogP contribution in [0, 0.1) is 11.7 Å². The molecule has 1 aromatic carbocycles. The van der Waals surface area contributed by atoms with Gasteiger partial charge in [0.05, 0.1) is 10.7 Å². The van der Waals surface area contributed by atoms with Gasteiger partial charge in [0.2, 0.25) is 0 Å². The molecule has 0 radical (unpaired) electrons. The van der Waals surface area contributed by atoms with Crippen LogP contribution < -0.4 is 0 Å². The highest BCUT2D eigenvalue weighted by atomic mass is 79.9. The first-order valence-corrected chi connectivity index (χ1v) is 5.77. The Kier molecular flexibility index (Phi) is 2.95. The van der Waals surface area contributed by atoms with E-state index in [1.54, 1.807) is 4.57 Å². The molecule has 0 atom stereocenters. The molecule has 0 aliphatic rings. The van der Waals surface area contributed by atoms with Crippen molar-refractivity contribution in [1.82, 2.24) is 14.8 Å². The first kappa shape index (κ1) is 10.9. The summed E-state index contributed by atoms with van der Waals surface area (Å²) in [4.78, 5) is 0. The van der Waals surface area contributed by atoms with Gasteiger partial charge in [-0.15, -0.1) is 0 Å². The van der Waals surface area contributed by atoms with E-state index in [4.69, 9.17) is 23.8 Å². The Hall–Kier alpha value is -0.650. The number of hydrogen-bond acceptors (Lipinski definition) is 2. The summed E-state index contributed by atoms with van der Waals surface area (Å²) in [5, 5.41) is 7.38. The van der Waals surface area contributed by atoms with Crippen LogP contribution in [0.15, 0.2) is 22.7 Å². The molecule has 0 amide bonds. The Morgan fingerprint density at radius 2 is 2.27 bits per heavy atom. The molecule has 2 aromatic rings. The summed E-state index contributed by atoms with van der Waals surface area (Å²) in [6.07, 6.45) is 0. The fourth-order valence-electron chi connectivity index (χ4n) is 1.32. The molecule has 0 unspecified atom stereocenters. The van der Waals surface area contributed by atoms with Crippen LogP contribution in [0.25, 0.3) is 5.69 Å². The average molecular weight is 305 g/mol. The maximum absolute atomic E-state index is 6.13. The van der Waals surface area contributed by atoms with E-state index in [1.807, 2.05) is 25.1 Å². The predicted molar refractivity (Wildman–Crippen MR) is 66.2 cm³/mol. The number of halogens is 2. The minimum Gasteiger partial charge on any atom is -0.271 e. The first-order chi connectivity index (χ1) is 7.09. The van der Waals surface area contributed by atoms with Crippen molar-refractivity contribution in [3.05, 3.63) is 38.3 Å². The van der Waals surface area contributed by atoms with Crippen LogP contribution in [-0.4, -0.2) is 14.8 Å². The molecule has 0 aliphatic carbocycles. The molecule has 1 heterocycles. The van der Waals surface area contributed by atoms with Crippen molar-refractivity contribution in [1.29, 1.82) is 0 Å². The molecule has 0 aliphatic heterocycles. The monoisotopic (exact) mass is 303 g/mol. The highest BCUT2D eigenvalue weighted by Crippen LogP contribution is 2.25. The summed E-state index contributed by atoms with van der Waals surface area (Å²) in [5.74, 6) is 0.782. The number of H-pyrrole nitrogens is 1. The fraction of sp³-hybridized carbons (Fsp3) is 0.111. The van der Waals surface area contributed by atoms with Gasteiger partial charge in [-0.05, 0) is 37.3 Å². The van der Waals surface area contributed by atoms with Gasteiger partial charge in [-0.2, -0.15) is 5.10 Å². The van der Waals surface area contributed by atoms with Gasteiger partial charge in [-0.25, -0.2) is 0 Å². The predicted octanol–water partition coefficient (Wildman–Crippen LogP) is 3.65. The van der Waals surface area contributed by atoms with Crippen molar-refractivity contribution in [3.63, 3.8) is 0 Å². The van der Waals surface area contributed by atoms with Gasteiger partial charge < -0.3 is 0 Å². The van der Waals surface area contributed by atoms with Gasteiger partial charge in [0.1, 0.15) is 5.82 Å². The molecule has 15 heavy (non-hydrogen) atoms. The van der Waals surface area contributed by atoms with E-state index in [9.17, 15) is 0 Å². The van der Waals surface area contributed by atoms with E-state index in [2.05, 4.69) is 26.1 Å². The van der Waals surface area contributed by atoms with Gasteiger partial charge >= 0.3 is 0 Å². The van der Waals surface area contributed by atoms with Crippen molar-refractivity contribution in [3.8, 4) is 5.69 Å². The lowest BCUT2D eigenvalue weighted by Crippen LogP contribution is -1.97. The largest absolute Gasteiger partial charge is 0.271 e. The Morgan fingerprint density at radius 3 is 2.80 bits per heavy atom. The number of nitrogens with one attached hydrogen (secondary N) is 1. The number of aromatic amines is 1. The Bertz CT molecular complexity index is 561. The van der Waals surface area contributed by atoms with Crippen LogP contribution in [0.1, 0.15) is 5.82 Å². The lowest BCUT2D eigenvalue weighted by atomic mass is 10.3. The van der Waals surface area contributed by atoms with Crippen LogP contribution in [-0.2, 0) is 0 Å². The minimum atomic E-state index is 0.539. The van der Waals surface area contributed by atoms with Gasteiger partial charge in [0, 0.05) is 4.47 Å². The molecule has 0 saturated heterocycles. The topological polar surface area (TPSA) is 33.6 Å². The van der Waals surface area contributed by atoms with Gasteiger partial charge in [-0.1, -0.05) is 27.5 Å². The lowest BCUT2D eigenvalue weighted by molar-refractivity contribution is 0.963.